The molecule has 3 amide bonds. The number of nitrogens with two attached hydrogens (primary N) is 1. The van der Waals surface area contributed by atoms with Crippen molar-refractivity contribution in [3.8, 4) is 0 Å². The van der Waals surface area contributed by atoms with E-state index in [1.54, 1.807) is 10.4 Å². The summed E-state index contributed by atoms with van der Waals surface area (Å²) in [5, 5.41) is 21.2. The Labute approximate surface area is 173 Å². The first-order chi connectivity index (χ1) is 14.0. The van der Waals surface area contributed by atoms with Crippen molar-refractivity contribution in [1.29, 1.82) is 0 Å². The fourth-order valence-corrected chi connectivity index (χ4v) is 3.79. The summed E-state index contributed by atoms with van der Waals surface area (Å²) in [6, 6.07) is -0.913. The highest BCUT2D eigenvalue weighted by Gasteiger charge is 2.34. The van der Waals surface area contributed by atoms with Crippen LogP contribution in [0.1, 0.15) is 71.1 Å². The lowest BCUT2D eigenvalue weighted by molar-refractivity contribution is -0.140. The molecule has 1 aliphatic rings. The van der Waals surface area contributed by atoms with Crippen LogP contribution in [0.4, 0.5) is 0 Å². The van der Waals surface area contributed by atoms with Crippen molar-refractivity contribution in [3.05, 3.63) is 0 Å². The van der Waals surface area contributed by atoms with Crippen LogP contribution >= 0.6 is 0 Å². The van der Waals surface area contributed by atoms with Crippen molar-refractivity contribution >= 4 is 17.7 Å². The van der Waals surface area contributed by atoms with Gasteiger partial charge in [-0.3, -0.25) is 19.6 Å². The molecule has 0 aromatic carbocycles. The van der Waals surface area contributed by atoms with Crippen LogP contribution in [-0.2, 0) is 14.4 Å². The molecule has 1 fully saturated rings. The molecule has 0 aromatic rings. The molecule has 0 spiro atoms. The van der Waals surface area contributed by atoms with Crippen molar-refractivity contribution in [2.45, 2.75) is 83.2 Å². The number of aliphatic hydroxyl groups excluding tert-OH is 1. The van der Waals surface area contributed by atoms with Crippen molar-refractivity contribution < 1.29 is 24.7 Å². The molecule has 1 heterocycles. The summed E-state index contributed by atoms with van der Waals surface area (Å²) in [6.45, 7) is 3.04. The number of nitrogens with zero attached hydrogens (tertiary/aromatic N) is 1. The van der Waals surface area contributed by atoms with Gasteiger partial charge in [0, 0.05) is 18.9 Å². The second kappa shape index (κ2) is 14.3. The van der Waals surface area contributed by atoms with Crippen LogP contribution in [-0.4, -0.2) is 64.7 Å². The summed E-state index contributed by atoms with van der Waals surface area (Å²) in [4.78, 5) is 39.2. The Morgan fingerprint density at radius 3 is 2.52 bits per heavy atom. The van der Waals surface area contributed by atoms with Crippen LogP contribution in [0.25, 0.3) is 0 Å². The lowest BCUT2D eigenvalue weighted by atomic mass is 9.95. The smallest absolute Gasteiger partial charge is 0.245 e. The van der Waals surface area contributed by atoms with Gasteiger partial charge in [0.25, 0.3) is 0 Å². The molecule has 0 radical (unpaired) electrons. The maximum absolute atomic E-state index is 13.1. The van der Waals surface area contributed by atoms with E-state index in [2.05, 4.69) is 12.2 Å². The van der Waals surface area contributed by atoms with Gasteiger partial charge in [0.15, 0.2) is 0 Å². The molecule has 0 bridgehead atoms. The number of aliphatic hydroxyl groups is 1. The van der Waals surface area contributed by atoms with Crippen LogP contribution in [0.15, 0.2) is 0 Å². The minimum absolute atomic E-state index is 0.0917. The van der Waals surface area contributed by atoms with Gasteiger partial charge in [-0.1, -0.05) is 26.2 Å². The Morgan fingerprint density at radius 1 is 1.17 bits per heavy atom. The van der Waals surface area contributed by atoms with E-state index >= 15 is 0 Å². The van der Waals surface area contributed by atoms with Crippen molar-refractivity contribution in [1.82, 2.24) is 15.7 Å². The third kappa shape index (κ3) is 8.67. The van der Waals surface area contributed by atoms with Gasteiger partial charge in [-0.15, -0.1) is 0 Å². The first-order valence-electron chi connectivity index (χ1n) is 10.8. The van der Waals surface area contributed by atoms with Gasteiger partial charge in [-0.05, 0) is 45.1 Å². The maximum Gasteiger partial charge on any atom is 0.245 e. The van der Waals surface area contributed by atoms with Gasteiger partial charge < -0.3 is 21.1 Å². The zero-order chi connectivity index (χ0) is 21.6. The van der Waals surface area contributed by atoms with Crippen LogP contribution in [0.2, 0.25) is 0 Å². The molecule has 29 heavy (non-hydrogen) atoms. The number of rotatable bonds is 14. The molecule has 0 saturated carbocycles. The van der Waals surface area contributed by atoms with E-state index in [1.807, 2.05) is 0 Å². The Bertz CT molecular complexity index is 517. The summed E-state index contributed by atoms with van der Waals surface area (Å²) in [7, 11) is 0. The van der Waals surface area contributed by atoms with Crippen LogP contribution in [0.5, 0.6) is 0 Å². The molecule has 3 unspecified atom stereocenters. The van der Waals surface area contributed by atoms with E-state index in [-0.39, 0.29) is 30.9 Å². The number of amides is 3. The zero-order valence-corrected chi connectivity index (χ0v) is 17.6. The predicted molar refractivity (Wildman–Crippen MR) is 109 cm³/mol. The standard InChI is InChI=1S/C20H38N4O5/c1-2-3-4-8-15(13-18(26)23-29)19(27)22-17(10-5-6-11-21)20(28)24-12-7-9-16(24)14-25/h15-17,25,29H,2-14,21H2,1H3,(H,22,27)(H,23,26). The van der Waals surface area contributed by atoms with Crippen LogP contribution < -0.4 is 16.5 Å². The average Bonchev–Trinajstić information content (AvgIpc) is 3.20. The number of carbonyl (C=O) groups is 3. The molecule has 6 N–H and O–H groups in total. The van der Waals surface area contributed by atoms with Gasteiger partial charge in [-0.25, -0.2) is 5.48 Å². The Kier molecular flexibility index (Phi) is 12.5. The first kappa shape index (κ1) is 25.3. The van der Waals surface area contributed by atoms with Gasteiger partial charge in [0.2, 0.25) is 17.7 Å². The second-order valence-electron chi connectivity index (χ2n) is 7.79. The summed E-state index contributed by atoms with van der Waals surface area (Å²) in [5.74, 6) is -1.76. The zero-order valence-electron chi connectivity index (χ0n) is 17.6. The second-order valence-corrected chi connectivity index (χ2v) is 7.79. The SMILES string of the molecule is CCCCCC(CC(=O)NO)C(=O)NC(CCCCN)C(=O)N1CCCC1CO. The number of unbranched alkanes of at least 4 members (excludes halogenated alkanes) is 3. The number of nitrogens with one attached hydrogen (secondary N) is 2. The molecular weight excluding hydrogens is 376 g/mol. The lowest BCUT2D eigenvalue weighted by Gasteiger charge is -2.29. The monoisotopic (exact) mass is 414 g/mol. The molecule has 9 nitrogen and oxygen atoms in total. The van der Waals surface area contributed by atoms with Crippen LogP contribution in [0, 0.1) is 5.92 Å². The van der Waals surface area contributed by atoms with E-state index in [1.165, 1.54) is 0 Å². The molecule has 1 rings (SSSR count). The Hall–Kier alpha value is -1.71. The number of likely N-dealkylation sites (tertiary alicyclic amines) is 1. The molecular formula is C20H38N4O5. The summed E-state index contributed by atoms with van der Waals surface area (Å²) in [5.41, 5.74) is 7.14. The highest BCUT2D eigenvalue weighted by atomic mass is 16.5. The quantitative estimate of drug-likeness (QED) is 0.160. The number of hydrogen-bond donors (Lipinski definition) is 5. The largest absolute Gasteiger partial charge is 0.394 e. The lowest BCUT2D eigenvalue weighted by Crippen LogP contribution is -2.52. The molecule has 9 heteroatoms. The number of hydroxylamine groups is 1. The third-order valence-corrected chi connectivity index (χ3v) is 5.52. The van der Waals surface area contributed by atoms with E-state index in [9.17, 15) is 19.5 Å². The molecule has 1 aliphatic heterocycles. The van der Waals surface area contributed by atoms with E-state index in [0.29, 0.717) is 32.4 Å². The van der Waals surface area contributed by atoms with Gasteiger partial charge >= 0.3 is 0 Å². The van der Waals surface area contributed by atoms with Crippen molar-refractivity contribution in [3.63, 3.8) is 0 Å². The first-order valence-corrected chi connectivity index (χ1v) is 10.8. The van der Waals surface area contributed by atoms with E-state index < -0.39 is 17.9 Å². The van der Waals surface area contributed by atoms with Gasteiger partial charge in [-0.2, -0.15) is 0 Å². The summed E-state index contributed by atoms with van der Waals surface area (Å²) < 4.78 is 0. The molecule has 0 aromatic heterocycles. The third-order valence-electron chi connectivity index (χ3n) is 5.52. The predicted octanol–water partition coefficient (Wildman–Crippen LogP) is 0.676. The minimum atomic E-state index is -0.702. The summed E-state index contributed by atoms with van der Waals surface area (Å²) in [6.07, 6.45) is 6.59. The van der Waals surface area contributed by atoms with Crippen LogP contribution in [0.3, 0.4) is 0 Å². The fourth-order valence-electron chi connectivity index (χ4n) is 3.79. The van der Waals surface area contributed by atoms with Gasteiger partial charge in [0.05, 0.1) is 12.6 Å². The van der Waals surface area contributed by atoms with E-state index in [0.717, 1.165) is 38.5 Å². The van der Waals surface area contributed by atoms with Crippen molar-refractivity contribution in [2.24, 2.45) is 11.7 Å². The Morgan fingerprint density at radius 2 is 1.90 bits per heavy atom. The normalized spacial score (nSPS) is 18.3. The summed E-state index contributed by atoms with van der Waals surface area (Å²) >= 11 is 0. The maximum atomic E-state index is 13.1. The molecule has 1 saturated heterocycles. The minimum Gasteiger partial charge on any atom is -0.394 e. The Balaban J connectivity index is 2.84. The topological polar surface area (TPSA) is 145 Å². The molecule has 3 atom stereocenters. The highest BCUT2D eigenvalue weighted by Crippen LogP contribution is 2.20. The molecule has 168 valence electrons. The van der Waals surface area contributed by atoms with E-state index in [4.69, 9.17) is 10.9 Å². The molecule has 0 aliphatic carbocycles. The highest BCUT2D eigenvalue weighted by molar-refractivity contribution is 5.90. The number of carbonyl (C=O) groups excluding carboxylic acids is 3. The van der Waals surface area contributed by atoms with Crippen molar-refractivity contribution in [2.75, 3.05) is 19.7 Å². The average molecular weight is 415 g/mol. The fraction of sp³-hybridized carbons (Fsp3) is 0.850. The van der Waals surface area contributed by atoms with Gasteiger partial charge in [0.1, 0.15) is 6.04 Å². The number of hydrogen-bond acceptors (Lipinski definition) is 6.